The molecule has 0 spiro atoms. The van der Waals surface area contributed by atoms with Gasteiger partial charge in [0.05, 0.1) is 0 Å². The molecule has 1 atom stereocenters. The topological polar surface area (TPSA) is 20.2 Å². The molecule has 1 nitrogen and oxygen atoms in total. The van der Waals surface area contributed by atoms with Crippen LogP contribution in [-0.4, -0.2) is 23.3 Å². The summed E-state index contributed by atoms with van der Waals surface area (Å²) in [6.07, 6.45) is -11.2. The Bertz CT molecular complexity index is 588. The largest absolute Gasteiger partial charge is 0.403 e. The maximum atomic E-state index is 13.0. The van der Waals surface area contributed by atoms with Crippen molar-refractivity contribution in [3.63, 3.8) is 0 Å². The Morgan fingerprint density at radius 1 is 0.667 bits per heavy atom. The van der Waals surface area contributed by atoms with Gasteiger partial charge in [-0.3, -0.25) is 0 Å². The van der Waals surface area contributed by atoms with Gasteiger partial charge in [0, 0.05) is 0 Å². The van der Waals surface area contributed by atoms with Gasteiger partial charge in [0.25, 0.3) is 0 Å². The van der Waals surface area contributed by atoms with E-state index in [4.69, 9.17) is 0 Å². The predicted molar refractivity (Wildman–Crippen MR) is 80.7 cm³/mol. The van der Waals surface area contributed by atoms with Crippen LogP contribution in [0.15, 0.2) is 60.7 Å². The van der Waals surface area contributed by atoms with Gasteiger partial charge in [-0.15, -0.1) is 0 Å². The highest BCUT2D eigenvalue weighted by molar-refractivity contribution is 7.73. The van der Waals surface area contributed by atoms with Gasteiger partial charge < -0.3 is 5.11 Å². The number of hydrogen-bond acceptors (Lipinski definition) is 1. The molecule has 0 saturated heterocycles. The van der Waals surface area contributed by atoms with Crippen LogP contribution in [-0.2, 0) is 0 Å². The van der Waals surface area contributed by atoms with Crippen LogP contribution < -0.4 is 10.6 Å². The molecule has 0 aliphatic heterocycles. The summed E-state index contributed by atoms with van der Waals surface area (Å²) in [5, 5.41) is 10.6. The molecule has 1 N–H and O–H groups in total. The number of rotatable bonds is 4. The van der Waals surface area contributed by atoms with Gasteiger partial charge in [-0.1, -0.05) is 60.7 Å². The third-order valence-electron chi connectivity index (χ3n) is 3.34. The lowest BCUT2D eigenvalue weighted by Crippen LogP contribution is -2.46. The number of aliphatic hydroxyl groups is 1. The van der Waals surface area contributed by atoms with E-state index < -0.39 is 32.0 Å². The molecular weight excluding hydrogens is 353 g/mol. The van der Waals surface area contributed by atoms with Crippen LogP contribution in [0.25, 0.3) is 0 Å². The summed E-state index contributed by atoms with van der Waals surface area (Å²) in [5.74, 6) is -6.44. The van der Waals surface area contributed by atoms with Crippen LogP contribution in [0.3, 0.4) is 0 Å². The van der Waals surface area contributed by atoms with E-state index in [2.05, 4.69) is 0 Å². The van der Waals surface area contributed by atoms with Crippen molar-refractivity contribution in [2.45, 2.75) is 18.2 Å². The van der Waals surface area contributed by atoms with Gasteiger partial charge in [0.1, 0.15) is 5.85 Å². The molecule has 0 heterocycles. The van der Waals surface area contributed by atoms with Crippen molar-refractivity contribution in [1.82, 2.24) is 0 Å². The van der Waals surface area contributed by atoms with E-state index in [1.807, 2.05) is 0 Å². The van der Waals surface area contributed by atoms with Gasteiger partial charge in [-0.05, 0) is 18.5 Å². The third-order valence-corrected chi connectivity index (χ3v) is 5.87. The molecule has 1 unspecified atom stereocenters. The minimum absolute atomic E-state index is 0.240. The Morgan fingerprint density at radius 2 is 1.00 bits per heavy atom. The molecule has 0 fully saturated rings. The van der Waals surface area contributed by atoms with Gasteiger partial charge in [0.15, 0.2) is 5.92 Å². The zero-order valence-electron chi connectivity index (χ0n) is 12.1. The Labute approximate surface area is 135 Å². The molecule has 8 heteroatoms. The van der Waals surface area contributed by atoms with Gasteiger partial charge in [-0.25, -0.2) is 0 Å². The molecule has 0 aromatic heterocycles. The first-order valence-corrected chi connectivity index (χ1v) is 8.24. The van der Waals surface area contributed by atoms with Crippen molar-refractivity contribution in [3.8, 4) is 0 Å². The lowest BCUT2D eigenvalue weighted by molar-refractivity contribution is -0.296. The van der Waals surface area contributed by atoms with Gasteiger partial charge >= 0.3 is 12.4 Å². The normalized spacial score (nSPS) is 14.2. The molecule has 130 valence electrons. The molecular formula is C16H13F6OP. The lowest BCUT2D eigenvalue weighted by Gasteiger charge is -2.33. The summed E-state index contributed by atoms with van der Waals surface area (Å²) in [4.78, 5) is 0. The molecule has 0 bridgehead atoms. The summed E-state index contributed by atoms with van der Waals surface area (Å²) in [6, 6.07) is 14.9. The number of halogens is 6. The van der Waals surface area contributed by atoms with E-state index in [1.54, 1.807) is 12.1 Å². The number of benzene rings is 2. The lowest BCUT2D eigenvalue weighted by atomic mass is 10.1. The van der Waals surface area contributed by atoms with E-state index >= 15 is 0 Å². The summed E-state index contributed by atoms with van der Waals surface area (Å²) in [7, 11) is -2.26. The fraction of sp³-hybridized carbons (Fsp3) is 0.250. The third kappa shape index (κ3) is 4.28. The summed E-state index contributed by atoms with van der Waals surface area (Å²) >= 11 is 0. The second-order valence-electron chi connectivity index (χ2n) is 5.02. The van der Waals surface area contributed by atoms with Crippen molar-refractivity contribution >= 4 is 18.5 Å². The smallest absolute Gasteiger partial charge is 0.387 e. The summed E-state index contributed by atoms with van der Waals surface area (Å²) in [6.45, 7) is 0. The molecule has 0 radical (unpaired) electrons. The number of hydrogen-bond donors (Lipinski definition) is 1. The summed E-state index contributed by atoms with van der Waals surface area (Å²) in [5.41, 5.74) is 0. The Hall–Kier alpha value is -1.59. The molecule has 0 aliphatic carbocycles. The minimum atomic E-state index is -5.60. The first-order valence-electron chi connectivity index (χ1n) is 6.83. The zero-order chi connectivity index (χ0) is 18.0. The quantitative estimate of drug-likeness (QED) is 0.636. The molecule has 0 saturated carbocycles. The first kappa shape index (κ1) is 18.7. The van der Waals surface area contributed by atoms with Crippen molar-refractivity contribution in [2.75, 3.05) is 0 Å². The number of aliphatic hydroxyl groups excluding tert-OH is 1. The van der Waals surface area contributed by atoms with Crippen LogP contribution in [0.5, 0.6) is 0 Å². The fourth-order valence-electron chi connectivity index (χ4n) is 2.30. The van der Waals surface area contributed by atoms with E-state index in [-0.39, 0.29) is 10.6 Å². The van der Waals surface area contributed by atoms with Crippen molar-refractivity contribution in [3.05, 3.63) is 60.7 Å². The Balaban J connectivity index is 2.54. The maximum absolute atomic E-state index is 13.0. The van der Waals surface area contributed by atoms with E-state index in [9.17, 15) is 31.4 Å². The SMILES string of the molecule is OC(C(C(F)(F)F)C(F)(F)F)P(c1ccccc1)c1ccccc1. The molecule has 2 aromatic rings. The highest BCUT2D eigenvalue weighted by Gasteiger charge is 2.61. The standard InChI is InChI=1S/C16H13F6OP/c17-15(18,19)13(16(20,21)22)14(23)24(11-7-3-1-4-8-11)12-9-5-2-6-10-12/h1-10,13-14,23H. The zero-order valence-corrected chi connectivity index (χ0v) is 13.0. The monoisotopic (exact) mass is 366 g/mol. The highest BCUT2D eigenvalue weighted by atomic mass is 31.1. The molecule has 0 amide bonds. The van der Waals surface area contributed by atoms with E-state index in [0.29, 0.717) is 0 Å². The van der Waals surface area contributed by atoms with E-state index in [1.165, 1.54) is 48.5 Å². The van der Waals surface area contributed by atoms with Crippen molar-refractivity contribution < 1.29 is 31.4 Å². The Morgan fingerprint density at radius 3 is 1.29 bits per heavy atom. The number of alkyl halides is 6. The molecule has 0 aliphatic rings. The van der Waals surface area contributed by atoms with Crippen LogP contribution in [0.2, 0.25) is 0 Å². The predicted octanol–water partition coefficient (Wildman–Crippen LogP) is 4.18. The average molecular weight is 366 g/mol. The molecule has 24 heavy (non-hydrogen) atoms. The van der Waals surface area contributed by atoms with Crippen LogP contribution in [0.1, 0.15) is 0 Å². The molecule has 2 aromatic carbocycles. The minimum Gasteiger partial charge on any atom is -0.387 e. The van der Waals surface area contributed by atoms with Crippen LogP contribution >= 0.6 is 7.92 Å². The van der Waals surface area contributed by atoms with Crippen LogP contribution in [0.4, 0.5) is 26.3 Å². The molecule has 2 rings (SSSR count). The Kier molecular flexibility index (Phi) is 5.56. The highest BCUT2D eigenvalue weighted by Crippen LogP contribution is 2.51. The first-order chi connectivity index (χ1) is 11.1. The van der Waals surface area contributed by atoms with Gasteiger partial charge in [0.2, 0.25) is 0 Å². The van der Waals surface area contributed by atoms with Crippen molar-refractivity contribution in [1.29, 1.82) is 0 Å². The van der Waals surface area contributed by atoms with Crippen LogP contribution in [0, 0.1) is 5.92 Å². The second kappa shape index (κ2) is 7.11. The maximum Gasteiger partial charge on any atom is 0.403 e. The summed E-state index contributed by atoms with van der Waals surface area (Å²) < 4.78 is 77.9. The average Bonchev–Trinajstić information content (AvgIpc) is 2.46. The van der Waals surface area contributed by atoms with Gasteiger partial charge in [-0.2, -0.15) is 26.3 Å². The second-order valence-corrected chi connectivity index (χ2v) is 7.32. The fourth-order valence-corrected chi connectivity index (χ4v) is 4.84. The van der Waals surface area contributed by atoms with E-state index in [0.717, 1.165) is 0 Å². The van der Waals surface area contributed by atoms with Crippen molar-refractivity contribution in [2.24, 2.45) is 5.92 Å².